The maximum atomic E-state index is 11.6. The lowest BCUT2D eigenvalue weighted by Gasteiger charge is -2.44. The Morgan fingerprint density at radius 3 is 1.95 bits per heavy atom. The van der Waals surface area contributed by atoms with Gasteiger partial charge >= 0.3 is 0 Å². The standard InChI is InChI=1S/C20H35NO17/c22-1-5(26)15-14(32)17(38-19-13(31)12(30)10(28)6(2-23)35-19)20(36-15)37-16-7(3-24)34-18(33)9(11(16)29)21-8(27)4-25/h5-7,9-20,22-26,28-33H,1-4H2,(H,21,27)/t5-,6-,7-,9-,10+,11-,12+,13-,14+,15+,16-,17-,18+,19+,20+/m1/s1. The maximum Gasteiger partial charge on any atom is 0.246 e. The Balaban J connectivity index is 1.85. The zero-order valence-corrected chi connectivity index (χ0v) is 19.9. The first-order valence-corrected chi connectivity index (χ1v) is 11.8. The molecule has 0 bridgehead atoms. The van der Waals surface area contributed by atoms with Crippen LogP contribution in [0.25, 0.3) is 0 Å². The third-order valence-electron chi connectivity index (χ3n) is 6.57. The monoisotopic (exact) mass is 561 g/mol. The van der Waals surface area contributed by atoms with Crippen molar-refractivity contribution >= 4 is 5.91 Å². The first-order valence-electron chi connectivity index (χ1n) is 11.8. The highest BCUT2D eigenvalue weighted by Gasteiger charge is 2.55. The molecule has 0 aliphatic carbocycles. The first kappa shape index (κ1) is 31.4. The van der Waals surface area contributed by atoms with Gasteiger partial charge in [-0.1, -0.05) is 0 Å². The smallest absolute Gasteiger partial charge is 0.246 e. The number of aliphatic hydroxyl groups is 11. The van der Waals surface area contributed by atoms with E-state index in [0.717, 1.165) is 0 Å². The second-order valence-corrected chi connectivity index (χ2v) is 9.10. The predicted octanol–water partition coefficient (Wildman–Crippen LogP) is -8.46. The van der Waals surface area contributed by atoms with Gasteiger partial charge in [0, 0.05) is 0 Å². The van der Waals surface area contributed by atoms with Crippen LogP contribution in [-0.2, 0) is 28.5 Å². The van der Waals surface area contributed by atoms with Gasteiger partial charge in [0.05, 0.1) is 19.8 Å². The van der Waals surface area contributed by atoms with E-state index in [4.69, 9.17) is 28.8 Å². The average molecular weight is 561 g/mol. The highest BCUT2D eigenvalue weighted by Crippen LogP contribution is 2.34. The Morgan fingerprint density at radius 1 is 0.737 bits per heavy atom. The van der Waals surface area contributed by atoms with Crippen molar-refractivity contribution < 1.29 is 84.7 Å². The van der Waals surface area contributed by atoms with E-state index in [-0.39, 0.29) is 0 Å². The number of hydrogen-bond donors (Lipinski definition) is 12. The van der Waals surface area contributed by atoms with Crippen LogP contribution in [0, 0.1) is 0 Å². The number of carbonyl (C=O) groups is 1. The molecule has 3 fully saturated rings. The normalized spacial score (nSPS) is 46.6. The third kappa shape index (κ3) is 6.41. The van der Waals surface area contributed by atoms with Crippen LogP contribution in [0.4, 0.5) is 0 Å². The van der Waals surface area contributed by atoms with E-state index in [1.807, 2.05) is 0 Å². The molecule has 18 nitrogen and oxygen atoms in total. The topological polar surface area (TPSA) is 298 Å². The summed E-state index contributed by atoms with van der Waals surface area (Å²) in [6.07, 6.45) is -23.8. The summed E-state index contributed by atoms with van der Waals surface area (Å²) in [6.45, 7) is -3.47. The number of rotatable bonds is 10. The summed E-state index contributed by atoms with van der Waals surface area (Å²) >= 11 is 0. The third-order valence-corrected chi connectivity index (χ3v) is 6.57. The molecule has 3 aliphatic heterocycles. The van der Waals surface area contributed by atoms with Crippen LogP contribution in [0.3, 0.4) is 0 Å². The average Bonchev–Trinajstić information content (AvgIpc) is 3.21. The van der Waals surface area contributed by atoms with E-state index in [9.17, 15) is 55.9 Å². The lowest BCUT2D eigenvalue weighted by molar-refractivity contribution is -0.339. The zero-order valence-electron chi connectivity index (χ0n) is 19.9. The second kappa shape index (κ2) is 13.5. The number of carbonyl (C=O) groups excluding carboxylic acids is 1. The molecule has 38 heavy (non-hydrogen) atoms. The van der Waals surface area contributed by atoms with Gasteiger partial charge in [-0.05, 0) is 0 Å². The van der Waals surface area contributed by atoms with Gasteiger partial charge in [-0.3, -0.25) is 4.79 Å². The number of amides is 1. The molecule has 0 unspecified atom stereocenters. The van der Waals surface area contributed by atoms with Gasteiger partial charge in [0.25, 0.3) is 0 Å². The molecule has 3 aliphatic rings. The Hall–Kier alpha value is -1.17. The summed E-state index contributed by atoms with van der Waals surface area (Å²) in [4.78, 5) is 11.6. The molecular weight excluding hydrogens is 526 g/mol. The molecule has 15 atom stereocenters. The summed E-state index contributed by atoms with van der Waals surface area (Å²) in [5.41, 5.74) is 0. The molecule has 3 rings (SSSR count). The lowest BCUT2D eigenvalue weighted by atomic mass is 9.96. The molecule has 0 spiro atoms. The van der Waals surface area contributed by atoms with Crippen molar-refractivity contribution in [1.82, 2.24) is 5.32 Å². The van der Waals surface area contributed by atoms with Crippen LogP contribution in [0.2, 0.25) is 0 Å². The molecule has 12 N–H and O–H groups in total. The minimum atomic E-state index is -1.90. The summed E-state index contributed by atoms with van der Waals surface area (Å²) < 4.78 is 27.2. The van der Waals surface area contributed by atoms with E-state index in [0.29, 0.717) is 0 Å². The number of nitrogens with one attached hydrogen (secondary N) is 1. The van der Waals surface area contributed by atoms with Crippen LogP contribution in [0.1, 0.15) is 0 Å². The van der Waals surface area contributed by atoms with Gasteiger partial charge in [0.2, 0.25) is 5.91 Å². The summed E-state index contributed by atoms with van der Waals surface area (Å²) in [5.74, 6) is -0.986. The molecule has 0 saturated carbocycles. The summed E-state index contributed by atoms with van der Waals surface area (Å²) in [5, 5.41) is 112. The van der Waals surface area contributed by atoms with E-state index in [1.54, 1.807) is 0 Å². The minimum absolute atomic E-state index is 0.784. The fraction of sp³-hybridized carbons (Fsp3) is 0.950. The van der Waals surface area contributed by atoms with Gasteiger partial charge < -0.3 is 85.2 Å². The summed E-state index contributed by atoms with van der Waals surface area (Å²) in [6, 6.07) is -1.56. The quantitative estimate of drug-likeness (QED) is 0.118. The van der Waals surface area contributed by atoms with E-state index >= 15 is 0 Å². The van der Waals surface area contributed by atoms with Crippen LogP contribution in [-0.4, -0.2) is 181 Å². The van der Waals surface area contributed by atoms with Crippen molar-refractivity contribution in [2.24, 2.45) is 0 Å². The molecule has 18 heteroatoms. The Kier molecular flexibility index (Phi) is 11.1. The van der Waals surface area contributed by atoms with Crippen molar-refractivity contribution in [2.75, 3.05) is 26.4 Å². The summed E-state index contributed by atoms with van der Waals surface area (Å²) in [7, 11) is 0. The predicted molar refractivity (Wildman–Crippen MR) is 114 cm³/mol. The molecule has 3 saturated heterocycles. The molecule has 3 heterocycles. The largest absolute Gasteiger partial charge is 0.394 e. The van der Waals surface area contributed by atoms with E-state index in [1.165, 1.54) is 0 Å². The molecular formula is C20H35NO17. The molecule has 0 aromatic heterocycles. The molecule has 1 amide bonds. The molecule has 0 aromatic carbocycles. The molecule has 0 aromatic rings. The fourth-order valence-electron chi connectivity index (χ4n) is 4.46. The number of aliphatic hydroxyl groups excluding tert-OH is 11. The van der Waals surface area contributed by atoms with Gasteiger partial charge in [-0.2, -0.15) is 0 Å². The van der Waals surface area contributed by atoms with Crippen LogP contribution < -0.4 is 5.32 Å². The molecule has 0 radical (unpaired) electrons. The lowest BCUT2D eigenvalue weighted by Crippen LogP contribution is -2.66. The van der Waals surface area contributed by atoms with Crippen molar-refractivity contribution in [3.05, 3.63) is 0 Å². The van der Waals surface area contributed by atoms with Crippen LogP contribution in [0.15, 0.2) is 0 Å². The Labute approximate surface area is 215 Å². The number of hydrogen-bond acceptors (Lipinski definition) is 17. The van der Waals surface area contributed by atoms with Crippen molar-refractivity contribution in [3.8, 4) is 0 Å². The Bertz CT molecular complexity index is 761. The van der Waals surface area contributed by atoms with E-state index < -0.39 is 124 Å². The molecule has 222 valence electrons. The number of ether oxygens (including phenoxy) is 5. The minimum Gasteiger partial charge on any atom is -0.394 e. The van der Waals surface area contributed by atoms with Crippen LogP contribution >= 0.6 is 0 Å². The highest BCUT2D eigenvalue weighted by molar-refractivity contribution is 5.77. The van der Waals surface area contributed by atoms with E-state index in [2.05, 4.69) is 5.32 Å². The van der Waals surface area contributed by atoms with Crippen LogP contribution in [0.5, 0.6) is 0 Å². The highest BCUT2D eigenvalue weighted by atomic mass is 16.8. The van der Waals surface area contributed by atoms with Gasteiger partial charge in [-0.25, -0.2) is 0 Å². The van der Waals surface area contributed by atoms with Crippen molar-refractivity contribution in [2.45, 2.75) is 92.1 Å². The van der Waals surface area contributed by atoms with Gasteiger partial charge in [0.15, 0.2) is 18.9 Å². The van der Waals surface area contributed by atoms with Crippen molar-refractivity contribution in [1.29, 1.82) is 0 Å². The van der Waals surface area contributed by atoms with Gasteiger partial charge in [0.1, 0.15) is 79.8 Å². The zero-order chi connectivity index (χ0) is 28.3. The van der Waals surface area contributed by atoms with Gasteiger partial charge in [-0.15, -0.1) is 0 Å². The SMILES string of the molecule is O=C(CO)N[C@@H]1[C@@H](O)[C@H](O[C@@H]2O[C@@H]([C@H](O)CO)[C@H](O)[C@H]2O[C@@H]2O[C@H](CO)[C@H](O)[C@H](O)[C@H]2O)[C@@H](CO)O[C@@H]1O. The first-order chi connectivity index (χ1) is 18.0. The van der Waals surface area contributed by atoms with Crippen molar-refractivity contribution in [3.63, 3.8) is 0 Å². The second-order valence-electron chi connectivity index (χ2n) is 9.10. The maximum absolute atomic E-state index is 11.6. The fourth-order valence-corrected chi connectivity index (χ4v) is 4.46. The Morgan fingerprint density at radius 2 is 1.37 bits per heavy atom.